The Morgan fingerprint density at radius 3 is 2.19 bits per heavy atom. The number of ether oxygens (including phenoxy) is 1. The van der Waals surface area contributed by atoms with Crippen LogP contribution in [0, 0.1) is 13.8 Å². The Morgan fingerprint density at radius 1 is 1.10 bits per heavy atom. The van der Waals surface area contributed by atoms with E-state index in [1.165, 1.54) is 12.1 Å². The first-order valence-corrected chi connectivity index (χ1v) is 7.00. The Kier molecular flexibility index (Phi) is 4.43. The van der Waals surface area contributed by atoms with E-state index < -0.39 is 11.9 Å². The van der Waals surface area contributed by atoms with E-state index in [-0.39, 0.29) is 5.56 Å². The van der Waals surface area contributed by atoms with Gasteiger partial charge >= 0.3 is 11.9 Å². The Balaban J connectivity index is 2.34. The van der Waals surface area contributed by atoms with E-state index in [2.05, 4.69) is 15.9 Å². The van der Waals surface area contributed by atoms with Crippen LogP contribution in [-0.2, 0) is 0 Å². The number of hydrogen-bond donors (Lipinski definition) is 1. The second kappa shape index (κ2) is 6.10. The van der Waals surface area contributed by atoms with Gasteiger partial charge in [-0.15, -0.1) is 0 Å². The number of aromatic carboxylic acids is 1. The molecule has 0 amide bonds. The van der Waals surface area contributed by atoms with Gasteiger partial charge in [-0.05, 0) is 65.2 Å². The van der Waals surface area contributed by atoms with Gasteiger partial charge in [0, 0.05) is 4.47 Å². The molecule has 0 saturated carbocycles. The molecule has 2 rings (SSSR count). The fourth-order valence-electron chi connectivity index (χ4n) is 2.01. The second-order valence-electron chi connectivity index (χ2n) is 4.61. The number of carboxylic acids is 1. The van der Waals surface area contributed by atoms with Crippen molar-refractivity contribution < 1.29 is 19.4 Å². The summed E-state index contributed by atoms with van der Waals surface area (Å²) in [5.74, 6) is -1.11. The number of carbonyl (C=O) groups excluding carboxylic acids is 1. The van der Waals surface area contributed by atoms with Crippen molar-refractivity contribution >= 4 is 27.9 Å². The van der Waals surface area contributed by atoms with Gasteiger partial charge in [0.1, 0.15) is 5.75 Å². The number of rotatable bonds is 3. The first-order valence-electron chi connectivity index (χ1n) is 6.21. The highest BCUT2D eigenvalue weighted by Crippen LogP contribution is 2.27. The monoisotopic (exact) mass is 348 g/mol. The quantitative estimate of drug-likeness (QED) is 0.672. The SMILES string of the molecule is Cc1cc(C(=O)O)cc(C)c1OC(=O)c1ccccc1Br. The van der Waals surface area contributed by atoms with Gasteiger partial charge in [-0.25, -0.2) is 9.59 Å². The van der Waals surface area contributed by atoms with Crippen LogP contribution in [0.15, 0.2) is 40.9 Å². The molecule has 0 radical (unpaired) electrons. The number of aryl methyl sites for hydroxylation is 2. The van der Waals surface area contributed by atoms with E-state index >= 15 is 0 Å². The minimum atomic E-state index is -1.01. The highest BCUT2D eigenvalue weighted by molar-refractivity contribution is 9.10. The summed E-state index contributed by atoms with van der Waals surface area (Å²) in [6.45, 7) is 3.42. The minimum absolute atomic E-state index is 0.172. The zero-order chi connectivity index (χ0) is 15.6. The molecule has 0 aliphatic heterocycles. The Morgan fingerprint density at radius 2 is 1.67 bits per heavy atom. The number of carbonyl (C=O) groups is 2. The topological polar surface area (TPSA) is 63.6 Å². The van der Waals surface area contributed by atoms with Gasteiger partial charge in [-0.3, -0.25) is 0 Å². The number of benzene rings is 2. The Bertz CT molecular complexity index is 699. The largest absolute Gasteiger partial charge is 0.478 e. The van der Waals surface area contributed by atoms with E-state index in [1.807, 2.05) is 0 Å². The van der Waals surface area contributed by atoms with Crippen LogP contribution in [-0.4, -0.2) is 17.0 Å². The summed E-state index contributed by atoms with van der Waals surface area (Å²) in [4.78, 5) is 23.2. The van der Waals surface area contributed by atoms with Gasteiger partial charge in [-0.1, -0.05) is 12.1 Å². The molecule has 2 aromatic rings. The number of halogens is 1. The lowest BCUT2D eigenvalue weighted by Gasteiger charge is -2.12. The maximum atomic E-state index is 12.2. The first-order chi connectivity index (χ1) is 9.90. The third-order valence-electron chi connectivity index (χ3n) is 3.00. The third kappa shape index (κ3) is 3.31. The first kappa shape index (κ1) is 15.3. The van der Waals surface area contributed by atoms with E-state index in [0.29, 0.717) is 26.9 Å². The molecular formula is C16H13BrO4. The van der Waals surface area contributed by atoms with Crippen LogP contribution in [0.1, 0.15) is 31.8 Å². The standard InChI is InChI=1S/C16H13BrO4/c1-9-7-11(15(18)19)8-10(2)14(9)21-16(20)12-5-3-4-6-13(12)17/h3-8H,1-2H3,(H,18,19). The summed E-state index contributed by atoms with van der Waals surface area (Å²) in [5.41, 5.74) is 1.80. The van der Waals surface area contributed by atoms with E-state index in [1.54, 1.807) is 38.1 Å². The van der Waals surface area contributed by atoms with Crippen LogP contribution in [0.5, 0.6) is 5.75 Å². The lowest BCUT2D eigenvalue weighted by atomic mass is 10.1. The zero-order valence-corrected chi connectivity index (χ0v) is 13.1. The van der Waals surface area contributed by atoms with Crippen molar-refractivity contribution in [3.8, 4) is 5.75 Å². The van der Waals surface area contributed by atoms with Crippen LogP contribution in [0.3, 0.4) is 0 Å². The van der Waals surface area contributed by atoms with Crippen molar-refractivity contribution in [2.24, 2.45) is 0 Å². The predicted molar refractivity (Wildman–Crippen MR) is 82.0 cm³/mol. The second-order valence-corrected chi connectivity index (χ2v) is 5.47. The highest BCUT2D eigenvalue weighted by atomic mass is 79.9. The van der Waals surface area contributed by atoms with Gasteiger partial charge in [0.2, 0.25) is 0 Å². The van der Waals surface area contributed by atoms with Crippen molar-refractivity contribution in [2.75, 3.05) is 0 Å². The molecule has 21 heavy (non-hydrogen) atoms. The van der Waals surface area contributed by atoms with Crippen LogP contribution in [0.25, 0.3) is 0 Å². The molecular weight excluding hydrogens is 336 g/mol. The molecule has 108 valence electrons. The summed E-state index contributed by atoms with van der Waals surface area (Å²) in [6, 6.07) is 9.93. The fourth-order valence-corrected chi connectivity index (χ4v) is 2.46. The van der Waals surface area contributed by atoms with Crippen LogP contribution in [0.4, 0.5) is 0 Å². The molecule has 0 saturated heterocycles. The van der Waals surface area contributed by atoms with E-state index in [9.17, 15) is 9.59 Å². The Labute approximate surface area is 130 Å². The lowest BCUT2D eigenvalue weighted by Crippen LogP contribution is -2.11. The lowest BCUT2D eigenvalue weighted by molar-refractivity contribution is 0.0696. The molecule has 2 aromatic carbocycles. The van der Waals surface area contributed by atoms with Crippen LogP contribution < -0.4 is 4.74 Å². The predicted octanol–water partition coefficient (Wildman–Crippen LogP) is 3.98. The van der Waals surface area contributed by atoms with Gasteiger partial charge < -0.3 is 9.84 Å². The molecule has 0 aromatic heterocycles. The summed E-state index contributed by atoms with van der Waals surface area (Å²) in [5, 5.41) is 9.01. The van der Waals surface area contributed by atoms with Gasteiger partial charge in [0.25, 0.3) is 0 Å². The average molecular weight is 349 g/mol. The summed E-state index contributed by atoms with van der Waals surface area (Å²) < 4.78 is 6.06. The number of carboxylic acid groups (broad SMARTS) is 1. The van der Waals surface area contributed by atoms with Gasteiger partial charge in [-0.2, -0.15) is 0 Å². The normalized spacial score (nSPS) is 10.2. The third-order valence-corrected chi connectivity index (χ3v) is 3.69. The van der Waals surface area contributed by atoms with Crippen molar-refractivity contribution in [3.05, 3.63) is 63.1 Å². The summed E-state index contributed by atoms with van der Waals surface area (Å²) >= 11 is 3.30. The van der Waals surface area contributed by atoms with Crippen molar-refractivity contribution in [2.45, 2.75) is 13.8 Å². The molecule has 0 spiro atoms. The molecule has 0 aliphatic rings. The molecule has 0 heterocycles. The zero-order valence-electron chi connectivity index (χ0n) is 11.5. The van der Waals surface area contributed by atoms with Gasteiger partial charge in [0.15, 0.2) is 0 Å². The van der Waals surface area contributed by atoms with Crippen LogP contribution in [0.2, 0.25) is 0 Å². The summed E-state index contributed by atoms with van der Waals surface area (Å²) in [6.07, 6.45) is 0. The van der Waals surface area contributed by atoms with E-state index in [0.717, 1.165) is 0 Å². The molecule has 0 bridgehead atoms. The van der Waals surface area contributed by atoms with Crippen molar-refractivity contribution in [1.82, 2.24) is 0 Å². The molecule has 1 N–H and O–H groups in total. The molecule has 0 fully saturated rings. The summed E-state index contributed by atoms with van der Waals surface area (Å²) in [7, 11) is 0. The maximum absolute atomic E-state index is 12.2. The van der Waals surface area contributed by atoms with Gasteiger partial charge in [0.05, 0.1) is 11.1 Å². The molecule has 0 atom stereocenters. The number of hydrogen-bond acceptors (Lipinski definition) is 3. The maximum Gasteiger partial charge on any atom is 0.344 e. The molecule has 0 aliphatic carbocycles. The van der Waals surface area contributed by atoms with E-state index in [4.69, 9.17) is 9.84 Å². The average Bonchev–Trinajstić information content (AvgIpc) is 2.42. The highest BCUT2D eigenvalue weighted by Gasteiger charge is 2.16. The van der Waals surface area contributed by atoms with Crippen molar-refractivity contribution in [3.63, 3.8) is 0 Å². The van der Waals surface area contributed by atoms with Crippen LogP contribution >= 0.6 is 15.9 Å². The molecule has 4 nitrogen and oxygen atoms in total. The smallest absolute Gasteiger partial charge is 0.344 e. The fraction of sp³-hybridized carbons (Fsp3) is 0.125. The molecule has 5 heteroatoms. The number of esters is 1. The molecule has 0 unspecified atom stereocenters. The Hall–Kier alpha value is -2.14. The minimum Gasteiger partial charge on any atom is -0.478 e. The van der Waals surface area contributed by atoms with Crippen molar-refractivity contribution in [1.29, 1.82) is 0 Å².